The second kappa shape index (κ2) is 3.17. The molecule has 0 atom stereocenters. The minimum Gasteiger partial charge on any atom is -0.341 e. The van der Waals surface area contributed by atoms with E-state index in [0.29, 0.717) is 0 Å². The van der Waals surface area contributed by atoms with Crippen molar-refractivity contribution in [3.05, 3.63) is 23.7 Å². The molecule has 0 amide bonds. The Hall–Kier alpha value is -1.38. The van der Waals surface area contributed by atoms with Gasteiger partial charge in [-0.2, -0.15) is 0 Å². The predicted octanol–water partition coefficient (Wildman–Crippen LogP) is 2.22. The Balaban J connectivity index is 2.49. The van der Waals surface area contributed by atoms with Crippen molar-refractivity contribution in [1.82, 2.24) is 15.0 Å². The van der Waals surface area contributed by atoms with E-state index >= 15 is 0 Å². The van der Waals surface area contributed by atoms with E-state index in [1.807, 2.05) is 13.1 Å². The van der Waals surface area contributed by atoms with E-state index in [1.54, 1.807) is 0 Å². The number of hydrogen-bond donors (Lipinski definition) is 1. The van der Waals surface area contributed by atoms with Crippen LogP contribution in [0.15, 0.2) is 12.3 Å². The standard InChI is InChI=1S/C10H13N3/c1-3-4-9-12-8-5-7(2)6-11-10(8)13-9/h5-6H,3-4H2,1-2H3,(H,11,12,13). The van der Waals surface area contributed by atoms with Crippen molar-refractivity contribution >= 4 is 11.2 Å². The van der Waals surface area contributed by atoms with E-state index in [4.69, 9.17) is 0 Å². The van der Waals surface area contributed by atoms with E-state index in [-0.39, 0.29) is 0 Å². The van der Waals surface area contributed by atoms with Gasteiger partial charge in [-0.1, -0.05) is 6.92 Å². The van der Waals surface area contributed by atoms with Gasteiger partial charge >= 0.3 is 0 Å². The zero-order valence-electron chi connectivity index (χ0n) is 7.96. The van der Waals surface area contributed by atoms with Crippen molar-refractivity contribution in [2.45, 2.75) is 26.7 Å². The van der Waals surface area contributed by atoms with Gasteiger partial charge in [0.1, 0.15) is 5.82 Å². The number of nitrogens with one attached hydrogen (secondary N) is 1. The summed E-state index contributed by atoms with van der Waals surface area (Å²) in [6.07, 6.45) is 3.95. The summed E-state index contributed by atoms with van der Waals surface area (Å²) in [6, 6.07) is 2.08. The number of nitrogens with zero attached hydrogens (tertiary/aromatic N) is 2. The fraction of sp³-hybridized carbons (Fsp3) is 0.400. The normalized spacial score (nSPS) is 10.9. The minimum atomic E-state index is 0.828. The molecule has 0 aliphatic heterocycles. The molecule has 2 aromatic rings. The molecule has 0 fully saturated rings. The van der Waals surface area contributed by atoms with E-state index in [9.17, 15) is 0 Å². The first-order valence-corrected chi connectivity index (χ1v) is 4.61. The highest BCUT2D eigenvalue weighted by atomic mass is 15.0. The summed E-state index contributed by atoms with van der Waals surface area (Å²) in [6.45, 7) is 4.18. The zero-order valence-corrected chi connectivity index (χ0v) is 7.96. The molecule has 0 aromatic carbocycles. The lowest BCUT2D eigenvalue weighted by molar-refractivity contribution is 0.860. The predicted molar refractivity (Wildman–Crippen MR) is 52.6 cm³/mol. The smallest absolute Gasteiger partial charge is 0.177 e. The van der Waals surface area contributed by atoms with Gasteiger partial charge in [0.25, 0.3) is 0 Å². The Morgan fingerprint density at radius 2 is 2.31 bits per heavy atom. The first-order chi connectivity index (χ1) is 6.29. The molecule has 2 aromatic heterocycles. The molecule has 0 saturated heterocycles. The van der Waals surface area contributed by atoms with Crippen molar-refractivity contribution in [3.63, 3.8) is 0 Å². The van der Waals surface area contributed by atoms with Crippen molar-refractivity contribution in [1.29, 1.82) is 0 Å². The van der Waals surface area contributed by atoms with Crippen LogP contribution in [-0.4, -0.2) is 15.0 Å². The summed E-state index contributed by atoms with van der Waals surface area (Å²) in [5, 5.41) is 0. The van der Waals surface area contributed by atoms with Crippen LogP contribution in [0, 0.1) is 6.92 Å². The number of aromatic nitrogens is 3. The molecule has 1 N–H and O–H groups in total. The molecule has 13 heavy (non-hydrogen) atoms. The van der Waals surface area contributed by atoms with Gasteiger partial charge in [0.05, 0.1) is 5.52 Å². The average Bonchev–Trinajstić information content (AvgIpc) is 2.46. The number of H-pyrrole nitrogens is 1. The Labute approximate surface area is 77.2 Å². The third-order valence-corrected chi connectivity index (χ3v) is 2.01. The molecule has 0 aliphatic carbocycles. The summed E-state index contributed by atoms with van der Waals surface area (Å²) in [4.78, 5) is 11.9. The molecular formula is C10H13N3. The van der Waals surface area contributed by atoms with E-state index in [0.717, 1.165) is 29.8 Å². The molecule has 2 heterocycles. The van der Waals surface area contributed by atoms with Gasteiger partial charge in [-0.05, 0) is 25.0 Å². The Kier molecular flexibility index (Phi) is 2.00. The van der Waals surface area contributed by atoms with Crippen LogP contribution in [-0.2, 0) is 6.42 Å². The fourth-order valence-corrected chi connectivity index (χ4v) is 1.41. The van der Waals surface area contributed by atoms with Crippen molar-refractivity contribution in [3.8, 4) is 0 Å². The molecule has 0 saturated carbocycles. The number of hydrogen-bond acceptors (Lipinski definition) is 2. The maximum atomic E-state index is 4.38. The molecule has 68 valence electrons. The Morgan fingerprint density at radius 3 is 3.08 bits per heavy atom. The second-order valence-corrected chi connectivity index (χ2v) is 3.32. The number of aryl methyl sites for hydroxylation is 2. The van der Waals surface area contributed by atoms with Crippen LogP contribution in [0.3, 0.4) is 0 Å². The summed E-state index contributed by atoms with van der Waals surface area (Å²) in [7, 11) is 0. The summed E-state index contributed by atoms with van der Waals surface area (Å²) in [5.41, 5.74) is 3.04. The number of imidazole rings is 1. The molecule has 0 bridgehead atoms. The quantitative estimate of drug-likeness (QED) is 0.760. The lowest BCUT2D eigenvalue weighted by atomic mass is 10.3. The highest BCUT2D eigenvalue weighted by Gasteiger charge is 2.01. The lowest BCUT2D eigenvalue weighted by Crippen LogP contribution is -1.84. The van der Waals surface area contributed by atoms with Crippen LogP contribution in [0.1, 0.15) is 24.7 Å². The average molecular weight is 175 g/mol. The van der Waals surface area contributed by atoms with Crippen LogP contribution in [0.25, 0.3) is 11.2 Å². The zero-order chi connectivity index (χ0) is 9.26. The minimum absolute atomic E-state index is 0.828. The number of pyridine rings is 1. The van der Waals surface area contributed by atoms with Gasteiger partial charge < -0.3 is 4.98 Å². The Bertz CT molecular complexity index is 417. The number of rotatable bonds is 2. The molecule has 0 spiro atoms. The Morgan fingerprint density at radius 1 is 1.46 bits per heavy atom. The van der Waals surface area contributed by atoms with E-state index in [2.05, 4.69) is 27.9 Å². The molecule has 2 rings (SSSR count). The second-order valence-electron chi connectivity index (χ2n) is 3.32. The SMILES string of the molecule is CCCc1nc2ncc(C)cc2[nH]1. The van der Waals surface area contributed by atoms with Gasteiger partial charge in [0.15, 0.2) is 5.65 Å². The van der Waals surface area contributed by atoms with Crippen LogP contribution in [0.2, 0.25) is 0 Å². The summed E-state index contributed by atoms with van der Waals surface area (Å²) >= 11 is 0. The topological polar surface area (TPSA) is 41.6 Å². The maximum absolute atomic E-state index is 4.38. The number of fused-ring (bicyclic) bond motifs is 1. The van der Waals surface area contributed by atoms with Gasteiger partial charge in [0.2, 0.25) is 0 Å². The van der Waals surface area contributed by atoms with Crippen molar-refractivity contribution < 1.29 is 0 Å². The third-order valence-electron chi connectivity index (χ3n) is 2.01. The molecule has 0 radical (unpaired) electrons. The van der Waals surface area contributed by atoms with Crippen LogP contribution in [0.4, 0.5) is 0 Å². The summed E-state index contributed by atoms with van der Waals surface area (Å²) < 4.78 is 0. The van der Waals surface area contributed by atoms with E-state index < -0.39 is 0 Å². The van der Waals surface area contributed by atoms with Gasteiger partial charge in [-0.3, -0.25) is 0 Å². The lowest BCUT2D eigenvalue weighted by Gasteiger charge is -1.88. The molecular weight excluding hydrogens is 162 g/mol. The first-order valence-electron chi connectivity index (χ1n) is 4.61. The van der Waals surface area contributed by atoms with Crippen LogP contribution >= 0.6 is 0 Å². The highest BCUT2D eigenvalue weighted by molar-refractivity contribution is 5.70. The van der Waals surface area contributed by atoms with Crippen LogP contribution in [0.5, 0.6) is 0 Å². The summed E-state index contributed by atoms with van der Waals surface area (Å²) in [5.74, 6) is 1.04. The van der Waals surface area contributed by atoms with Gasteiger partial charge in [-0.25, -0.2) is 9.97 Å². The van der Waals surface area contributed by atoms with Crippen LogP contribution < -0.4 is 0 Å². The third kappa shape index (κ3) is 1.54. The van der Waals surface area contributed by atoms with Gasteiger partial charge in [-0.15, -0.1) is 0 Å². The highest BCUT2D eigenvalue weighted by Crippen LogP contribution is 2.10. The largest absolute Gasteiger partial charge is 0.341 e. The molecule has 0 unspecified atom stereocenters. The van der Waals surface area contributed by atoms with Crippen molar-refractivity contribution in [2.24, 2.45) is 0 Å². The van der Waals surface area contributed by atoms with E-state index in [1.165, 1.54) is 5.56 Å². The van der Waals surface area contributed by atoms with Gasteiger partial charge in [0, 0.05) is 12.6 Å². The molecule has 0 aliphatic rings. The first kappa shape index (κ1) is 8.23. The van der Waals surface area contributed by atoms with Crippen molar-refractivity contribution in [2.75, 3.05) is 0 Å². The monoisotopic (exact) mass is 175 g/mol. The molecule has 3 nitrogen and oxygen atoms in total. The fourth-order valence-electron chi connectivity index (χ4n) is 1.41. The molecule has 3 heteroatoms. The number of aromatic amines is 1. The maximum Gasteiger partial charge on any atom is 0.177 e.